The average molecular weight is 166 g/mol. The maximum Gasteiger partial charge on any atom is 0.250 e. The molecule has 0 saturated carbocycles. The predicted molar refractivity (Wildman–Crippen MR) is 37.5 cm³/mol. The number of alkyl halides is 2. The second-order valence-electron chi connectivity index (χ2n) is 2.14. The molecule has 3 nitrogen and oxygen atoms in total. The Balaban J connectivity index is 3.52. The normalized spacial score (nSPS) is 13.2. The van der Waals surface area contributed by atoms with Crippen molar-refractivity contribution in [1.82, 2.24) is 10.6 Å². The Hall–Kier alpha value is -0.710. The molecule has 0 rings (SSSR count). The van der Waals surface area contributed by atoms with Crippen molar-refractivity contribution in [3.63, 3.8) is 0 Å². The van der Waals surface area contributed by atoms with Crippen LogP contribution in [-0.4, -0.2) is 32.0 Å². The topological polar surface area (TPSA) is 41.1 Å². The third-order valence-electron chi connectivity index (χ3n) is 1.22. The largest absolute Gasteiger partial charge is 0.358 e. The van der Waals surface area contributed by atoms with E-state index in [0.29, 0.717) is 0 Å². The molecular formula is C6H12F2N2O. The van der Waals surface area contributed by atoms with E-state index in [2.05, 4.69) is 10.6 Å². The maximum atomic E-state index is 11.6. The molecule has 0 bridgehead atoms. The lowest BCUT2D eigenvalue weighted by atomic mass is 10.3. The van der Waals surface area contributed by atoms with E-state index in [1.54, 1.807) is 0 Å². The van der Waals surface area contributed by atoms with Crippen molar-refractivity contribution in [2.45, 2.75) is 19.4 Å². The summed E-state index contributed by atoms with van der Waals surface area (Å²) >= 11 is 0. The monoisotopic (exact) mass is 166 g/mol. The van der Waals surface area contributed by atoms with Gasteiger partial charge in [-0.1, -0.05) is 0 Å². The van der Waals surface area contributed by atoms with Crippen LogP contribution in [0.15, 0.2) is 0 Å². The van der Waals surface area contributed by atoms with E-state index in [1.165, 1.54) is 14.0 Å². The lowest BCUT2D eigenvalue weighted by Crippen LogP contribution is -2.42. The summed E-state index contributed by atoms with van der Waals surface area (Å²) in [6.45, 7) is 1.08. The quantitative estimate of drug-likeness (QED) is 0.616. The highest BCUT2D eigenvalue weighted by atomic mass is 19.3. The summed E-state index contributed by atoms with van der Waals surface area (Å²) in [7, 11) is 1.46. The molecule has 1 atom stereocenters. The average Bonchev–Trinajstić information content (AvgIpc) is 1.98. The molecule has 1 amide bonds. The van der Waals surface area contributed by atoms with Crippen LogP contribution in [0.3, 0.4) is 0 Å². The van der Waals surface area contributed by atoms with Gasteiger partial charge in [0.05, 0.1) is 12.6 Å². The number of likely N-dealkylation sites (N-methyl/N-ethyl adjacent to an activating group) is 1. The molecule has 0 radical (unpaired) electrons. The van der Waals surface area contributed by atoms with Crippen molar-refractivity contribution in [3.8, 4) is 0 Å². The van der Waals surface area contributed by atoms with Crippen LogP contribution in [0.25, 0.3) is 0 Å². The molecule has 0 spiro atoms. The molecule has 0 fully saturated rings. The summed E-state index contributed by atoms with van der Waals surface area (Å²) in [6.07, 6.45) is -2.41. The fourth-order valence-electron chi connectivity index (χ4n) is 0.575. The highest BCUT2D eigenvalue weighted by molar-refractivity contribution is 5.80. The fourth-order valence-corrected chi connectivity index (χ4v) is 0.575. The highest BCUT2D eigenvalue weighted by Crippen LogP contribution is 1.89. The van der Waals surface area contributed by atoms with Crippen molar-refractivity contribution < 1.29 is 13.6 Å². The van der Waals surface area contributed by atoms with Gasteiger partial charge in [-0.25, -0.2) is 8.78 Å². The Bertz CT molecular complexity index is 130. The first-order valence-corrected chi connectivity index (χ1v) is 3.31. The number of nitrogens with one attached hydrogen (secondary N) is 2. The lowest BCUT2D eigenvalue weighted by molar-refractivity contribution is -0.122. The van der Waals surface area contributed by atoms with Crippen LogP contribution < -0.4 is 10.6 Å². The van der Waals surface area contributed by atoms with E-state index < -0.39 is 19.0 Å². The lowest BCUT2D eigenvalue weighted by Gasteiger charge is -2.10. The number of carbonyl (C=O) groups excluding carboxylic acids is 1. The zero-order valence-corrected chi connectivity index (χ0v) is 6.53. The van der Waals surface area contributed by atoms with Crippen molar-refractivity contribution in [3.05, 3.63) is 0 Å². The second kappa shape index (κ2) is 5.01. The number of carbonyl (C=O) groups is 1. The van der Waals surface area contributed by atoms with Crippen molar-refractivity contribution in [2.75, 3.05) is 13.6 Å². The van der Waals surface area contributed by atoms with Crippen LogP contribution in [0.2, 0.25) is 0 Å². The van der Waals surface area contributed by atoms with Gasteiger partial charge in [0.25, 0.3) is 6.43 Å². The van der Waals surface area contributed by atoms with Crippen LogP contribution in [0.4, 0.5) is 8.78 Å². The van der Waals surface area contributed by atoms with Gasteiger partial charge in [0, 0.05) is 7.05 Å². The molecule has 0 aromatic rings. The fraction of sp³-hybridized carbons (Fsp3) is 0.833. The Morgan fingerprint density at radius 1 is 1.55 bits per heavy atom. The molecule has 1 unspecified atom stereocenters. The molecule has 0 heterocycles. The van der Waals surface area contributed by atoms with Gasteiger partial charge >= 0.3 is 0 Å². The molecule has 0 saturated heterocycles. The third kappa shape index (κ3) is 4.66. The molecule has 11 heavy (non-hydrogen) atoms. The first-order chi connectivity index (χ1) is 5.07. The maximum absolute atomic E-state index is 11.6. The Labute approximate surface area is 64.2 Å². The minimum atomic E-state index is -2.41. The van der Waals surface area contributed by atoms with Crippen LogP contribution >= 0.6 is 0 Å². The standard InChI is InChI=1S/C6H12F2N2O/c1-4(6(11)9-2)10-3-5(7)8/h4-5,10H,3H2,1-2H3,(H,9,11). The third-order valence-corrected chi connectivity index (χ3v) is 1.22. The van der Waals surface area contributed by atoms with Gasteiger partial charge in [0.2, 0.25) is 5.91 Å². The Morgan fingerprint density at radius 2 is 2.09 bits per heavy atom. The smallest absolute Gasteiger partial charge is 0.250 e. The first kappa shape index (κ1) is 10.3. The van der Waals surface area contributed by atoms with Crippen LogP contribution in [0, 0.1) is 0 Å². The molecule has 2 N–H and O–H groups in total. The van der Waals surface area contributed by atoms with Crippen molar-refractivity contribution in [2.24, 2.45) is 0 Å². The summed E-state index contributed by atoms with van der Waals surface area (Å²) < 4.78 is 23.1. The SMILES string of the molecule is CNC(=O)C(C)NCC(F)F. The Kier molecular flexibility index (Phi) is 4.69. The summed E-state index contributed by atoms with van der Waals surface area (Å²) in [4.78, 5) is 10.7. The van der Waals surface area contributed by atoms with Crippen LogP contribution in [0.1, 0.15) is 6.92 Å². The van der Waals surface area contributed by atoms with E-state index in [1.807, 2.05) is 0 Å². The molecule has 0 aromatic heterocycles. The molecule has 0 aliphatic carbocycles. The van der Waals surface area contributed by atoms with Gasteiger partial charge in [-0.3, -0.25) is 4.79 Å². The van der Waals surface area contributed by atoms with E-state index in [0.717, 1.165) is 0 Å². The van der Waals surface area contributed by atoms with Gasteiger partial charge in [-0.15, -0.1) is 0 Å². The summed E-state index contributed by atoms with van der Waals surface area (Å²) in [6, 6.07) is -0.561. The first-order valence-electron chi connectivity index (χ1n) is 3.31. The number of hydrogen-bond acceptors (Lipinski definition) is 2. The number of hydrogen-bond donors (Lipinski definition) is 2. The molecular weight excluding hydrogens is 154 g/mol. The molecule has 66 valence electrons. The van der Waals surface area contributed by atoms with Gasteiger partial charge in [0.1, 0.15) is 0 Å². The van der Waals surface area contributed by atoms with E-state index in [4.69, 9.17) is 0 Å². The zero-order valence-electron chi connectivity index (χ0n) is 6.53. The summed E-state index contributed by atoms with van der Waals surface area (Å²) in [5, 5.41) is 4.71. The van der Waals surface area contributed by atoms with E-state index in [9.17, 15) is 13.6 Å². The van der Waals surface area contributed by atoms with Gasteiger partial charge in [-0.05, 0) is 6.92 Å². The molecule has 0 aliphatic heterocycles. The summed E-state index contributed by atoms with van der Waals surface area (Å²) in [5.41, 5.74) is 0. The van der Waals surface area contributed by atoms with Gasteiger partial charge in [-0.2, -0.15) is 0 Å². The van der Waals surface area contributed by atoms with Crippen LogP contribution in [0.5, 0.6) is 0 Å². The van der Waals surface area contributed by atoms with Crippen molar-refractivity contribution in [1.29, 1.82) is 0 Å². The minimum absolute atomic E-state index is 0.286. The molecule has 0 aromatic carbocycles. The number of amides is 1. The summed E-state index contributed by atoms with van der Waals surface area (Å²) in [5.74, 6) is -0.286. The predicted octanol–water partition coefficient (Wildman–Crippen LogP) is -0.0244. The Morgan fingerprint density at radius 3 is 2.45 bits per heavy atom. The number of rotatable bonds is 4. The highest BCUT2D eigenvalue weighted by Gasteiger charge is 2.11. The zero-order chi connectivity index (χ0) is 8.85. The van der Waals surface area contributed by atoms with E-state index in [-0.39, 0.29) is 5.91 Å². The van der Waals surface area contributed by atoms with E-state index >= 15 is 0 Å². The van der Waals surface area contributed by atoms with Gasteiger partial charge < -0.3 is 10.6 Å². The number of halogens is 2. The molecule has 0 aliphatic rings. The minimum Gasteiger partial charge on any atom is -0.358 e. The van der Waals surface area contributed by atoms with Gasteiger partial charge in [0.15, 0.2) is 0 Å². The van der Waals surface area contributed by atoms with Crippen LogP contribution in [-0.2, 0) is 4.79 Å². The second-order valence-corrected chi connectivity index (χ2v) is 2.14. The molecule has 5 heteroatoms. The van der Waals surface area contributed by atoms with Crippen molar-refractivity contribution >= 4 is 5.91 Å².